The number of anilines is 1. The second kappa shape index (κ2) is 6.86. The molecule has 2 bridgehead atoms. The first-order valence-corrected chi connectivity index (χ1v) is 7.79. The first-order chi connectivity index (χ1) is 9.76. The zero-order chi connectivity index (χ0) is 14.4. The fourth-order valence-corrected chi connectivity index (χ4v) is 3.16. The van der Waals surface area contributed by atoms with E-state index in [0.29, 0.717) is 6.54 Å². The minimum absolute atomic E-state index is 0.159. The highest BCUT2D eigenvalue weighted by Crippen LogP contribution is 2.11. The molecule has 3 aliphatic rings. The molecule has 20 heavy (non-hydrogen) atoms. The fourth-order valence-electron chi connectivity index (χ4n) is 3.16. The number of amides is 1. The zero-order valence-electron chi connectivity index (χ0n) is 12.7. The molecule has 110 valence electrons. The maximum absolute atomic E-state index is 12.1. The Morgan fingerprint density at radius 3 is 2.20 bits per heavy atom. The summed E-state index contributed by atoms with van der Waals surface area (Å²) in [7, 11) is 0. The molecule has 3 fully saturated rings. The van der Waals surface area contributed by atoms with Crippen LogP contribution in [-0.4, -0.2) is 56.2 Å². The van der Waals surface area contributed by atoms with Crippen LogP contribution in [0.4, 0.5) is 5.69 Å². The van der Waals surface area contributed by atoms with Gasteiger partial charge < -0.3 is 14.7 Å². The van der Waals surface area contributed by atoms with E-state index in [4.69, 9.17) is 0 Å². The van der Waals surface area contributed by atoms with Crippen molar-refractivity contribution in [2.75, 3.05) is 51.1 Å². The lowest BCUT2D eigenvalue weighted by Crippen LogP contribution is -3.19. The average Bonchev–Trinajstić information content (AvgIpc) is 2.51. The van der Waals surface area contributed by atoms with E-state index in [1.807, 2.05) is 44.2 Å². The van der Waals surface area contributed by atoms with E-state index >= 15 is 0 Å². The normalized spacial score (nSPS) is 27.4. The maximum Gasteiger partial charge on any atom is 0.279 e. The molecule has 1 aromatic carbocycles. The number of piperazine rings is 3. The summed E-state index contributed by atoms with van der Waals surface area (Å²) in [6.07, 6.45) is 0. The van der Waals surface area contributed by atoms with Gasteiger partial charge in [0.15, 0.2) is 6.54 Å². The van der Waals surface area contributed by atoms with Crippen LogP contribution >= 0.6 is 0 Å². The van der Waals surface area contributed by atoms with Crippen molar-refractivity contribution in [2.45, 2.75) is 13.8 Å². The lowest BCUT2D eigenvalue weighted by molar-refractivity contribution is -1.07. The second-order valence-corrected chi connectivity index (χ2v) is 5.58. The first kappa shape index (κ1) is 15.0. The summed E-state index contributed by atoms with van der Waals surface area (Å²) in [4.78, 5) is 13.8. The third-order valence-corrected chi connectivity index (χ3v) is 4.36. The van der Waals surface area contributed by atoms with Crippen molar-refractivity contribution < 1.29 is 14.2 Å². The van der Waals surface area contributed by atoms with Gasteiger partial charge in [0.1, 0.15) is 39.3 Å². The summed E-state index contributed by atoms with van der Waals surface area (Å²) in [5, 5.41) is 3.00. The fraction of sp³-hybridized carbons (Fsp3) is 0.562. The Morgan fingerprint density at radius 1 is 1.10 bits per heavy atom. The van der Waals surface area contributed by atoms with Crippen LogP contribution in [0.5, 0.6) is 0 Å². The highest BCUT2D eigenvalue weighted by molar-refractivity contribution is 5.91. The van der Waals surface area contributed by atoms with E-state index in [1.54, 1.807) is 4.90 Å². The van der Waals surface area contributed by atoms with Crippen LogP contribution in [0.3, 0.4) is 0 Å². The lowest BCUT2D eigenvalue weighted by Gasteiger charge is -2.47. The number of hydrogen-bond acceptors (Lipinski definition) is 1. The Balaban J connectivity index is 0.000000704. The molecule has 0 spiro atoms. The van der Waals surface area contributed by atoms with Crippen LogP contribution in [0.15, 0.2) is 30.3 Å². The molecule has 3 heterocycles. The Labute approximate surface area is 122 Å². The van der Waals surface area contributed by atoms with Crippen LogP contribution in [-0.2, 0) is 4.79 Å². The third kappa shape index (κ3) is 3.58. The molecule has 0 unspecified atom stereocenters. The molecule has 0 atom stereocenters. The number of nitrogens with zero attached hydrogens (tertiary/aromatic N) is 1. The van der Waals surface area contributed by atoms with E-state index in [0.717, 1.165) is 29.8 Å². The molecule has 4 rings (SSSR count). The van der Waals surface area contributed by atoms with Gasteiger partial charge in [-0.2, -0.15) is 0 Å². The highest BCUT2D eigenvalue weighted by Gasteiger charge is 2.42. The summed E-state index contributed by atoms with van der Waals surface area (Å²) < 4.78 is 1.00. The van der Waals surface area contributed by atoms with Crippen LogP contribution in [0.2, 0.25) is 0 Å². The van der Waals surface area contributed by atoms with Crippen LogP contribution in [0.25, 0.3) is 0 Å². The monoisotopic (exact) mass is 277 g/mol. The third-order valence-electron chi connectivity index (χ3n) is 4.36. The molecule has 0 saturated carbocycles. The predicted molar refractivity (Wildman–Crippen MR) is 81.7 cm³/mol. The SMILES string of the molecule is CC.O=C(C[N+]12CC[NH+](CC1)CC2)Nc1ccccc1. The number of para-hydroxylation sites is 1. The van der Waals surface area contributed by atoms with Crippen molar-refractivity contribution in [2.24, 2.45) is 0 Å². The summed E-state index contributed by atoms with van der Waals surface area (Å²) in [6.45, 7) is 11.8. The van der Waals surface area contributed by atoms with Gasteiger partial charge in [-0.25, -0.2) is 0 Å². The lowest BCUT2D eigenvalue weighted by atomic mass is 10.1. The van der Waals surface area contributed by atoms with Crippen molar-refractivity contribution in [3.8, 4) is 0 Å². The van der Waals surface area contributed by atoms with Gasteiger partial charge in [0.05, 0.1) is 0 Å². The van der Waals surface area contributed by atoms with Crippen molar-refractivity contribution in [3.63, 3.8) is 0 Å². The molecule has 0 aromatic heterocycles. The smallest absolute Gasteiger partial charge is 0.279 e. The summed E-state index contributed by atoms with van der Waals surface area (Å²) in [5.41, 5.74) is 0.905. The average molecular weight is 277 g/mol. The molecule has 1 aromatic rings. The molecule has 3 saturated heterocycles. The van der Waals surface area contributed by atoms with Crippen LogP contribution in [0, 0.1) is 0 Å². The number of nitrogens with one attached hydrogen (secondary N) is 2. The van der Waals surface area contributed by atoms with Gasteiger partial charge in [-0.1, -0.05) is 32.0 Å². The second-order valence-electron chi connectivity index (χ2n) is 5.58. The van der Waals surface area contributed by atoms with E-state index < -0.39 is 0 Å². The molecular weight excluding hydrogens is 250 g/mol. The van der Waals surface area contributed by atoms with E-state index in [2.05, 4.69) is 5.32 Å². The predicted octanol–water partition coefficient (Wildman–Crippen LogP) is 0.380. The quantitative estimate of drug-likeness (QED) is 0.770. The number of fused-ring (bicyclic) bond motifs is 3. The van der Waals surface area contributed by atoms with Gasteiger partial charge in [-0.3, -0.25) is 4.79 Å². The number of carbonyl (C=O) groups is 1. The van der Waals surface area contributed by atoms with Crippen molar-refractivity contribution in [1.29, 1.82) is 0 Å². The molecule has 0 aliphatic carbocycles. The highest BCUT2D eigenvalue weighted by atomic mass is 16.2. The van der Waals surface area contributed by atoms with Crippen LogP contribution < -0.4 is 10.2 Å². The topological polar surface area (TPSA) is 33.5 Å². The molecule has 4 heteroatoms. The van der Waals surface area contributed by atoms with E-state index in [9.17, 15) is 4.79 Å². The molecule has 3 aliphatic heterocycles. The number of rotatable bonds is 3. The molecule has 1 amide bonds. The van der Waals surface area contributed by atoms with E-state index in [-0.39, 0.29) is 5.91 Å². The standard InChI is InChI=1S/C14H19N3O.C2H6/c18-14(15-13-4-2-1-3-5-13)12-17-9-6-16(7-10-17)8-11-17;1-2/h1-5H,6-12H2;1-2H3/p+2. The molecule has 4 nitrogen and oxygen atoms in total. The number of benzene rings is 1. The molecule has 2 N–H and O–H groups in total. The van der Waals surface area contributed by atoms with Gasteiger partial charge in [0.25, 0.3) is 5.91 Å². The summed E-state index contributed by atoms with van der Waals surface area (Å²) in [5.74, 6) is 0.159. The van der Waals surface area contributed by atoms with Crippen LogP contribution in [0.1, 0.15) is 13.8 Å². The van der Waals surface area contributed by atoms with Gasteiger partial charge in [-0.15, -0.1) is 0 Å². The number of quaternary nitrogens is 2. The van der Waals surface area contributed by atoms with Gasteiger partial charge in [0, 0.05) is 5.69 Å². The number of carbonyl (C=O) groups excluding carboxylic acids is 1. The molecular formula is C16H27N3O+2. The van der Waals surface area contributed by atoms with Gasteiger partial charge in [-0.05, 0) is 12.1 Å². The minimum Gasteiger partial charge on any atom is -0.321 e. The zero-order valence-corrected chi connectivity index (χ0v) is 12.7. The Hall–Kier alpha value is -1.39. The molecule has 0 radical (unpaired) electrons. The Morgan fingerprint density at radius 2 is 1.65 bits per heavy atom. The minimum atomic E-state index is 0.159. The Bertz CT molecular complexity index is 411. The summed E-state index contributed by atoms with van der Waals surface area (Å²) in [6, 6.07) is 9.74. The Kier molecular flexibility index (Phi) is 5.15. The number of hydrogen-bond donors (Lipinski definition) is 2. The van der Waals surface area contributed by atoms with Gasteiger partial charge in [0.2, 0.25) is 0 Å². The van der Waals surface area contributed by atoms with Gasteiger partial charge >= 0.3 is 0 Å². The largest absolute Gasteiger partial charge is 0.321 e. The van der Waals surface area contributed by atoms with Crippen molar-refractivity contribution in [3.05, 3.63) is 30.3 Å². The van der Waals surface area contributed by atoms with E-state index in [1.165, 1.54) is 19.6 Å². The van der Waals surface area contributed by atoms with Crippen molar-refractivity contribution >= 4 is 11.6 Å². The summed E-state index contributed by atoms with van der Waals surface area (Å²) >= 11 is 0. The van der Waals surface area contributed by atoms with Crippen molar-refractivity contribution in [1.82, 2.24) is 0 Å². The maximum atomic E-state index is 12.1. The first-order valence-electron chi connectivity index (χ1n) is 7.79.